The summed E-state index contributed by atoms with van der Waals surface area (Å²) in [6.45, 7) is 4.69. The average Bonchev–Trinajstić information content (AvgIpc) is 2.15. The predicted molar refractivity (Wildman–Crippen MR) is 62.8 cm³/mol. The van der Waals surface area contributed by atoms with Crippen LogP contribution in [0.2, 0.25) is 0 Å². The highest BCUT2D eigenvalue weighted by atomic mass is 79.9. The number of nitrogens with one attached hydrogen (secondary N) is 1. The fourth-order valence-electron chi connectivity index (χ4n) is 1.16. The van der Waals surface area contributed by atoms with Gasteiger partial charge >= 0.3 is 0 Å². The van der Waals surface area contributed by atoms with E-state index in [1.165, 1.54) is 6.07 Å². The smallest absolute Gasteiger partial charge is 0.283 e. The summed E-state index contributed by atoms with van der Waals surface area (Å²) < 4.78 is 0.558. The van der Waals surface area contributed by atoms with Gasteiger partial charge in [-0.15, -0.1) is 0 Å². The molecule has 0 aliphatic carbocycles. The highest BCUT2D eigenvalue weighted by molar-refractivity contribution is 9.10. The summed E-state index contributed by atoms with van der Waals surface area (Å²) in [5.74, 6) is 0. The Morgan fingerprint density at radius 1 is 1.53 bits per heavy atom. The van der Waals surface area contributed by atoms with Gasteiger partial charge in [-0.25, -0.2) is 0 Å². The molecule has 5 heteroatoms. The Balaban J connectivity index is 2.89. The first kappa shape index (κ1) is 12.1. The van der Waals surface area contributed by atoms with Crippen molar-refractivity contribution in [2.24, 2.45) is 0 Å². The van der Waals surface area contributed by atoms with Gasteiger partial charge in [0.15, 0.2) is 0 Å². The van der Waals surface area contributed by atoms with Crippen LogP contribution in [0.1, 0.15) is 19.4 Å². The molecule has 0 saturated carbocycles. The van der Waals surface area contributed by atoms with Gasteiger partial charge in [-0.3, -0.25) is 10.1 Å². The molecule has 0 unspecified atom stereocenters. The SMILES string of the molecule is CC(C)NCc1cccc([N+](=O)[O-])c1Br. The molecule has 0 amide bonds. The van der Waals surface area contributed by atoms with Crippen LogP contribution in [0.5, 0.6) is 0 Å². The minimum atomic E-state index is -0.386. The van der Waals surface area contributed by atoms with Gasteiger partial charge in [-0.05, 0) is 21.5 Å². The van der Waals surface area contributed by atoms with Crippen LogP contribution >= 0.6 is 15.9 Å². The first-order valence-electron chi connectivity index (χ1n) is 4.67. The minimum absolute atomic E-state index is 0.109. The van der Waals surface area contributed by atoms with E-state index in [1.807, 2.05) is 19.9 Å². The predicted octanol–water partition coefficient (Wildman–Crippen LogP) is 2.86. The summed E-state index contributed by atoms with van der Waals surface area (Å²) >= 11 is 3.25. The molecule has 0 radical (unpaired) electrons. The van der Waals surface area contributed by atoms with Crippen LogP contribution in [-0.4, -0.2) is 11.0 Å². The number of rotatable bonds is 4. The van der Waals surface area contributed by atoms with Gasteiger partial charge in [-0.2, -0.15) is 0 Å². The second-order valence-electron chi connectivity index (χ2n) is 3.54. The van der Waals surface area contributed by atoms with Crippen LogP contribution in [0.3, 0.4) is 0 Å². The van der Waals surface area contributed by atoms with Crippen molar-refractivity contribution < 1.29 is 4.92 Å². The number of nitro benzene ring substituents is 1. The van der Waals surface area contributed by atoms with E-state index in [2.05, 4.69) is 21.2 Å². The van der Waals surface area contributed by atoms with E-state index in [4.69, 9.17) is 0 Å². The maximum Gasteiger partial charge on any atom is 0.283 e. The molecule has 0 spiro atoms. The Hall–Kier alpha value is -0.940. The number of hydrogen-bond acceptors (Lipinski definition) is 3. The highest BCUT2D eigenvalue weighted by Crippen LogP contribution is 2.28. The van der Waals surface area contributed by atoms with Gasteiger partial charge in [0.2, 0.25) is 0 Å². The summed E-state index contributed by atoms with van der Waals surface area (Å²) in [5.41, 5.74) is 1.01. The Bertz CT molecular complexity index is 366. The van der Waals surface area contributed by atoms with Crippen LogP contribution in [0.15, 0.2) is 22.7 Å². The molecule has 0 atom stereocenters. The molecule has 82 valence electrons. The van der Waals surface area contributed by atoms with Crippen LogP contribution in [0.4, 0.5) is 5.69 Å². The quantitative estimate of drug-likeness (QED) is 0.678. The third kappa shape index (κ3) is 3.28. The van der Waals surface area contributed by atoms with Gasteiger partial charge in [0, 0.05) is 18.7 Å². The number of nitro groups is 1. The largest absolute Gasteiger partial charge is 0.310 e. The van der Waals surface area contributed by atoms with Crippen molar-refractivity contribution in [3.05, 3.63) is 38.3 Å². The number of halogens is 1. The molecule has 1 rings (SSSR count). The van der Waals surface area contributed by atoms with E-state index in [0.29, 0.717) is 17.1 Å². The Morgan fingerprint density at radius 2 is 2.20 bits per heavy atom. The summed E-state index contributed by atoms with van der Waals surface area (Å²) in [7, 11) is 0. The lowest BCUT2D eigenvalue weighted by Gasteiger charge is -2.09. The molecular weight excluding hydrogens is 260 g/mol. The van der Waals surface area contributed by atoms with E-state index >= 15 is 0 Å². The Kier molecular flexibility index (Phi) is 4.23. The molecule has 15 heavy (non-hydrogen) atoms. The minimum Gasteiger partial charge on any atom is -0.310 e. The lowest BCUT2D eigenvalue weighted by atomic mass is 10.2. The zero-order valence-corrected chi connectivity index (χ0v) is 10.2. The molecule has 1 aromatic carbocycles. The van der Waals surface area contributed by atoms with Gasteiger partial charge in [0.1, 0.15) is 0 Å². The fourth-order valence-corrected chi connectivity index (χ4v) is 1.71. The van der Waals surface area contributed by atoms with E-state index in [-0.39, 0.29) is 10.6 Å². The number of benzene rings is 1. The summed E-state index contributed by atoms with van der Waals surface area (Å²) in [5, 5.41) is 13.9. The van der Waals surface area contributed by atoms with E-state index in [9.17, 15) is 10.1 Å². The lowest BCUT2D eigenvalue weighted by Crippen LogP contribution is -2.22. The van der Waals surface area contributed by atoms with Crippen molar-refractivity contribution in [2.45, 2.75) is 26.4 Å². The summed E-state index contributed by atoms with van der Waals surface area (Å²) in [6.07, 6.45) is 0. The molecule has 1 N–H and O–H groups in total. The zero-order valence-electron chi connectivity index (χ0n) is 8.66. The van der Waals surface area contributed by atoms with Crippen molar-refractivity contribution >= 4 is 21.6 Å². The fraction of sp³-hybridized carbons (Fsp3) is 0.400. The third-order valence-corrected chi connectivity index (χ3v) is 2.87. The molecule has 0 heterocycles. The lowest BCUT2D eigenvalue weighted by molar-refractivity contribution is -0.385. The van der Waals surface area contributed by atoms with Crippen LogP contribution in [-0.2, 0) is 6.54 Å². The topological polar surface area (TPSA) is 55.2 Å². The third-order valence-electron chi connectivity index (χ3n) is 1.96. The molecule has 1 aromatic rings. The van der Waals surface area contributed by atoms with Crippen molar-refractivity contribution in [3.8, 4) is 0 Å². The summed E-state index contributed by atoms with van der Waals surface area (Å²) in [6, 6.07) is 5.41. The maximum absolute atomic E-state index is 10.7. The van der Waals surface area contributed by atoms with Crippen molar-refractivity contribution in [2.75, 3.05) is 0 Å². The van der Waals surface area contributed by atoms with Gasteiger partial charge in [-0.1, -0.05) is 26.0 Å². The maximum atomic E-state index is 10.7. The standard InChI is InChI=1S/C10H13BrN2O2/c1-7(2)12-6-8-4-3-5-9(10(8)11)13(14)15/h3-5,7,12H,6H2,1-2H3. The van der Waals surface area contributed by atoms with Crippen LogP contribution in [0.25, 0.3) is 0 Å². The van der Waals surface area contributed by atoms with Crippen LogP contribution < -0.4 is 5.32 Å². The first-order chi connectivity index (χ1) is 7.02. The van der Waals surface area contributed by atoms with E-state index in [0.717, 1.165) is 5.56 Å². The normalized spacial score (nSPS) is 10.7. The molecule has 0 fully saturated rings. The van der Waals surface area contributed by atoms with E-state index in [1.54, 1.807) is 6.07 Å². The van der Waals surface area contributed by atoms with Crippen molar-refractivity contribution in [1.82, 2.24) is 5.32 Å². The molecular formula is C10H13BrN2O2. The summed E-state index contributed by atoms with van der Waals surface area (Å²) in [4.78, 5) is 10.3. The Labute approximate surface area is 97.0 Å². The average molecular weight is 273 g/mol. The Morgan fingerprint density at radius 3 is 2.73 bits per heavy atom. The van der Waals surface area contributed by atoms with Crippen molar-refractivity contribution in [1.29, 1.82) is 0 Å². The second kappa shape index (κ2) is 5.23. The monoisotopic (exact) mass is 272 g/mol. The molecule has 0 saturated heterocycles. The molecule has 0 aliphatic rings. The molecule has 0 bridgehead atoms. The molecule has 0 aromatic heterocycles. The van der Waals surface area contributed by atoms with Gasteiger partial charge < -0.3 is 5.32 Å². The van der Waals surface area contributed by atoms with Gasteiger partial charge in [0.05, 0.1) is 9.40 Å². The van der Waals surface area contributed by atoms with E-state index < -0.39 is 0 Å². The first-order valence-corrected chi connectivity index (χ1v) is 5.47. The van der Waals surface area contributed by atoms with Gasteiger partial charge in [0.25, 0.3) is 5.69 Å². The molecule has 4 nitrogen and oxygen atoms in total. The number of hydrogen-bond donors (Lipinski definition) is 1. The van der Waals surface area contributed by atoms with Crippen molar-refractivity contribution in [3.63, 3.8) is 0 Å². The van der Waals surface area contributed by atoms with Crippen LogP contribution in [0, 0.1) is 10.1 Å². The second-order valence-corrected chi connectivity index (χ2v) is 4.34. The number of nitrogens with zero attached hydrogens (tertiary/aromatic N) is 1. The zero-order chi connectivity index (χ0) is 11.4. The highest BCUT2D eigenvalue weighted by Gasteiger charge is 2.14. The molecule has 0 aliphatic heterocycles.